The van der Waals surface area contributed by atoms with E-state index >= 15 is 0 Å². The number of H-pyrrole nitrogens is 1. The molecule has 45 heteroatoms. The fourth-order valence-corrected chi connectivity index (χ4v) is 12.7. The second-order valence-electron chi connectivity index (χ2n) is 26.1. The molecule has 0 atom stereocenters. The van der Waals surface area contributed by atoms with Crippen molar-refractivity contribution in [3.8, 4) is 11.4 Å². The minimum Gasteiger partial charge on any atom is -1.00 e. The van der Waals surface area contributed by atoms with E-state index in [1.54, 1.807) is 63.2 Å². The number of nitrogens with two attached hydrogens (primary N) is 2. The first-order valence-corrected chi connectivity index (χ1v) is 40.0. The summed E-state index contributed by atoms with van der Waals surface area (Å²) in [5, 5.41) is 68.9. The van der Waals surface area contributed by atoms with E-state index in [0.29, 0.717) is 61.9 Å². The van der Waals surface area contributed by atoms with Gasteiger partial charge >= 0.3 is 145 Å². The van der Waals surface area contributed by atoms with Gasteiger partial charge in [0.15, 0.2) is 15.0 Å². The third-order valence-electron chi connectivity index (χ3n) is 17.4. The van der Waals surface area contributed by atoms with Crippen LogP contribution in [-0.2, 0) is 41.2 Å². The Labute approximate surface area is 832 Å². The number of carboxylic acids is 4. The van der Waals surface area contributed by atoms with Crippen LogP contribution in [0, 0.1) is 25.5 Å². The van der Waals surface area contributed by atoms with Gasteiger partial charge in [-0.2, -0.15) is 39.5 Å². The van der Waals surface area contributed by atoms with Crippen molar-refractivity contribution < 1.29 is 213 Å². The average molecular weight is 1950 g/mol. The molecule has 14 rings (SSSR count). The van der Waals surface area contributed by atoms with Gasteiger partial charge in [0.25, 0.3) is 6.47 Å². The first-order valence-electron chi connectivity index (χ1n) is 35.6. The standard InChI is InChI=1S/C26H21F3N4O3S.C16H12F3N3S.C14H15N3S.C10H10ClNO3.C8H9NO2.C2H2Cl2O.C2HF3O2.CH2Cl2.CH2O3.2K.H/c1-14-12-16(23(35)36)8-10-20(14)30-22(34)13-37-25-32-31-24(26(27,28)29)33(25)21-11-9-17(15-6-7-15)18-4-2-3-5-19(18)21;17-16(18,19)14-20-21-15(23)22(14)13-8-7-10(9-5-6-9)11-3-1-2-4-12(11)13;15-17-14(18)16-13-8-7-10(9-5-6-9)11-3-1-2-4-12(11)13;1-6-4-7(10(14)15)2-3-8(6)12-9(13)5-11;1-5-4-6(8(10)11)2-3-7(5)9;3-1-2(4)5;3-2(4,5)1(6)7;2-1-3;2-1-4-3;;;/h2-5,8-12,15H,6-7,13H2,1H3,(H,30,34)(H,35,36);1-4,7-9H,5-6H2,(H,21,23);1-4,7-9H,5-6,15H2,(H2,16,17,18);2-4H,5H2,1H3,(H,12,13)(H,14,15);2-4H,9H2,1H3,(H,10,11);1H2;(H,6,7);1H2;1,3H;;;/q;;;;;;;;;2*+1;-1/p-1. The number of fused-ring (bicyclic) bond motifs is 3. The van der Waals surface area contributed by atoms with E-state index < -0.39 is 65.2 Å². The molecule has 2 heterocycles. The van der Waals surface area contributed by atoms with Crippen LogP contribution in [0.1, 0.15) is 134 Å². The SMILES string of the molecule is Cc1cc(C(=O)O)ccc1N.Cc1cc(C(=O)O)ccc1NC(=O)CCl.Cc1cc(C(=O)O)ccc1NC(=O)CSc1nnc(C(F)(F)F)n1-c1ccc(C2CC2)c2ccccc12.ClCCl.FC(F)(F)c1n[nH]c(=S)n1-c1ccc(C2CC2)c2ccccc12.NNC(=S)Nc1ccc(C2CC2)c2ccccc12.O=C(Cl)CCl.O=C(O)C(F)(F)F.O=CO[O-].[H-].[K+].[K+]. The normalized spacial score (nSPS) is 12.2. The maximum Gasteiger partial charge on any atom is 1.00 e. The minimum atomic E-state index is -5.08. The van der Waals surface area contributed by atoms with Gasteiger partial charge in [-0.25, -0.2) is 25.0 Å². The monoisotopic (exact) mass is 1950 g/mol. The van der Waals surface area contributed by atoms with Crippen molar-refractivity contribution in [1.82, 2.24) is 35.0 Å². The summed E-state index contributed by atoms with van der Waals surface area (Å²) in [5.41, 5.74) is 17.6. The number of aromatic nitrogens is 6. The maximum atomic E-state index is 13.9. The number of hydrogen-bond acceptors (Lipinski definition) is 18. The number of aromatic carboxylic acids is 3. The number of carbonyl (C=O) groups is 8. The fourth-order valence-electron chi connectivity index (χ4n) is 11.5. The molecule has 0 spiro atoms. The summed E-state index contributed by atoms with van der Waals surface area (Å²) in [7, 11) is 0. The minimum absolute atomic E-state index is 0. The van der Waals surface area contributed by atoms with Crippen molar-refractivity contribution in [3.63, 3.8) is 0 Å². The molecule has 0 bridgehead atoms. The van der Waals surface area contributed by atoms with E-state index in [-0.39, 0.29) is 166 Å². The predicted molar refractivity (Wildman–Crippen MR) is 456 cm³/mol. The average Bonchev–Trinajstić information content (AvgIpc) is 1.62. The second kappa shape index (κ2) is 51.9. The molecular formula is C80H74Cl5F9K2N12O14S3. The van der Waals surface area contributed by atoms with Crippen molar-refractivity contribution >= 4 is 202 Å². The number of amides is 2. The molecule has 0 unspecified atom stereocenters. The Morgan fingerprint density at radius 1 is 0.560 bits per heavy atom. The molecule has 13 N–H and O–H groups in total. The third-order valence-corrected chi connectivity index (χ3v) is 19.6. The van der Waals surface area contributed by atoms with Crippen molar-refractivity contribution in [3.05, 3.63) is 230 Å². The van der Waals surface area contributed by atoms with Gasteiger partial charge in [0, 0.05) is 38.9 Å². The first-order chi connectivity index (χ1) is 58.1. The zero-order chi connectivity index (χ0) is 91.4. The predicted octanol–water partition coefficient (Wildman–Crippen LogP) is 12.7. The van der Waals surface area contributed by atoms with E-state index in [4.69, 9.17) is 129 Å². The molecule has 3 aliphatic rings. The molecule has 3 saturated carbocycles. The van der Waals surface area contributed by atoms with Gasteiger partial charge < -0.3 is 59.1 Å². The van der Waals surface area contributed by atoms with Crippen LogP contribution < -0.4 is 141 Å². The van der Waals surface area contributed by atoms with Crippen molar-refractivity contribution in [1.29, 1.82) is 0 Å². The van der Waals surface area contributed by atoms with E-state index in [1.807, 2.05) is 54.6 Å². The number of anilines is 4. The number of aryl methyl sites for hydroxylation is 3. The van der Waals surface area contributed by atoms with E-state index in [9.17, 15) is 68.3 Å². The molecule has 0 aliphatic heterocycles. The summed E-state index contributed by atoms with van der Waals surface area (Å²) in [6.07, 6.45) is -7.45. The molecule has 3 fully saturated rings. The number of carboxylic acid groups (broad SMARTS) is 4. The summed E-state index contributed by atoms with van der Waals surface area (Å²) in [6, 6.07) is 48.0. The van der Waals surface area contributed by atoms with Gasteiger partial charge in [0.1, 0.15) is 5.88 Å². The van der Waals surface area contributed by atoms with Crippen LogP contribution in [0.4, 0.5) is 62.3 Å². The zero-order valence-corrected chi connectivity index (χ0v) is 78.7. The number of carbonyl (C=O) groups excluding carboxylic acids is 4. The maximum absolute atomic E-state index is 13.9. The molecule has 125 heavy (non-hydrogen) atoms. The second-order valence-corrected chi connectivity index (χ2v) is 29.6. The fraction of sp³-hybridized carbons (Fsp3) is 0.237. The number of benzene rings is 9. The Balaban J connectivity index is 0.000000401. The Morgan fingerprint density at radius 3 is 1.27 bits per heavy atom. The topological polar surface area (TPSA) is 414 Å². The molecule has 0 radical (unpaired) electrons. The molecule has 0 saturated heterocycles. The number of nitrogen functional groups attached to an aromatic ring is 1. The van der Waals surface area contributed by atoms with Gasteiger partial charge in [-0.1, -0.05) is 103 Å². The van der Waals surface area contributed by atoms with E-state index in [0.717, 1.165) is 85.5 Å². The molecule has 3 aliphatic carbocycles. The zero-order valence-electron chi connectivity index (χ0n) is 67.2. The number of nitrogens with one attached hydrogen (secondary N) is 5. The Bertz CT molecular complexity index is 5700. The number of alkyl halides is 13. The molecule has 9 aromatic carbocycles. The number of nitrogens with zero attached hydrogens (tertiary/aromatic N) is 5. The Morgan fingerprint density at radius 2 is 0.920 bits per heavy atom. The molecule has 26 nitrogen and oxygen atoms in total. The number of aliphatic carboxylic acids is 1. The van der Waals surface area contributed by atoms with Gasteiger partial charge in [-0.3, -0.25) is 33.4 Å². The number of rotatable bonds is 17. The van der Waals surface area contributed by atoms with Crippen LogP contribution in [0.25, 0.3) is 43.7 Å². The van der Waals surface area contributed by atoms with Crippen LogP contribution >= 0.6 is 94.2 Å². The molecule has 11 aromatic rings. The summed E-state index contributed by atoms with van der Waals surface area (Å²) in [6.45, 7) is 4.97. The Kier molecular flexibility index (Phi) is 45.4. The number of thiocarbonyl (C=S) groups is 1. The summed E-state index contributed by atoms with van der Waals surface area (Å²) in [5.74, 6) is -2.25. The molecule has 2 amide bonds. The summed E-state index contributed by atoms with van der Waals surface area (Å²) < 4.78 is 115. The van der Waals surface area contributed by atoms with Crippen LogP contribution in [0.15, 0.2) is 169 Å². The molecule has 2 aromatic heterocycles. The number of thioether (sulfide) groups is 1. The smallest absolute Gasteiger partial charge is 1.00 e. The van der Waals surface area contributed by atoms with Crippen molar-refractivity contribution in [2.45, 2.75) is 101 Å². The van der Waals surface area contributed by atoms with Crippen molar-refractivity contribution in [2.75, 3.05) is 44.5 Å². The van der Waals surface area contributed by atoms with Gasteiger partial charge in [0.2, 0.25) is 28.7 Å². The van der Waals surface area contributed by atoms with E-state index in [2.05, 4.69) is 77.0 Å². The molecule has 656 valence electrons. The summed E-state index contributed by atoms with van der Waals surface area (Å²) >= 11 is 35.3. The Hall–Kier alpha value is -7.93. The number of hydrazine groups is 1. The van der Waals surface area contributed by atoms with Crippen molar-refractivity contribution in [2.24, 2.45) is 5.84 Å². The van der Waals surface area contributed by atoms with E-state index in [1.165, 1.54) is 71.1 Å². The quantitative estimate of drug-likeness (QED) is 0.00345. The largest absolute Gasteiger partial charge is 1.00 e. The summed E-state index contributed by atoms with van der Waals surface area (Å²) in [4.78, 5) is 85.4. The van der Waals surface area contributed by atoms with Gasteiger partial charge in [-0.15, -0.1) is 61.7 Å². The van der Waals surface area contributed by atoms with Gasteiger partial charge in [-0.05, 0) is 235 Å². The molecular weight excluding hydrogens is 1880 g/mol. The van der Waals surface area contributed by atoms with Gasteiger partial charge in [0.05, 0.1) is 45.0 Å². The number of halogens is 14. The third kappa shape index (κ3) is 33.6. The van der Waals surface area contributed by atoms with Crippen LogP contribution in [0.5, 0.6) is 0 Å². The van der Waals surface area contributed by atoms with Crippen LogP contribution in [-0.4, -0.2) is 132 Å². The van der Waals surface area contributed by atoms with Crippen LogP contribution in [0.3, 0.4) is 0 Å². The van der Waals surface area contributed by atoms with Crippen LogP contribution in [0.2, 0.25) is 0 Å². The first kappa shape index (κ1) is 109. The number of hydrogen-bond donors (Lipinski definition) is 11. The number of aromatic amines is 1.